The molecule has 0 saturated heterocycles. The molecule has 3 heteroatoms. The summed E-state index contributed by atoms with van der Waals surface area (Å²) in [6, 6.07) is 0. The van der Waals surface area contributed by atoms with E-state index in [1.165, 1.54) is 12.7 Å². The third-order valence-electron chi connectivity index (χ3n) is 0.347. The number of hydrogen-bond donors (Lipinski definition) is 0. The SMILES string of the molecule is C=O.c1cocn1. The van der Waals surface area contributed by atoms with Gasteiger partial charge in [-0.05, 0) is 0 Å². The van der Waals surface area contributed by atoms with E-state index in [1.54, 1.807) is 6.20 Å². The second-order valence-electron chi connectivity index (χ2n) is 0.676. The summed E-state index contributed by atoms with van der Waals surface area (Å²) in [6.45, 7) is 2.00. The number of nitrogens with zero attached hydrogens (tertiary/aromatic N) is 1. The Labute approximate surface area is 41.0 Å². The molecule has 0 aromatic carbocycles. The van der Waals surface area contributed by atoms with Gasteiger partial charge in [0.25, 0.3) is 0 Å². The molecule has 1 rings (SSSR count). The average molecular weight is 99.1 g/mol. The number of rotatable bonds is 0. The zero-order valence-electron chi connectivity index (χ0n) is 3.70. The van der Waals surface area contributed by atoms with E-state index in [0.29, 0.717) is 0 Å². The van der Waals surface area contributed by atoms with Gasteiger partial charge in [0.1, 0.15) is 13.1 Å². The molecule has 0 saturated carbocycles. The minimum absolute atomic E-state index is 1.38. The first kappa shape index (κ1) is 5.88. The molecule has 1 heterocycles. The van der Waals surface area contributed by atoms with Crippen LogP contribution in [-0.2, 0) is 4.79 Å². The summed E-state index contributed by atoms with van der Waals surface area (Å²) in [7, 11) is 0. The van der Waals surface area contributed by atoms with Gasteiger partial charge in [-0.25, -0.2) is 4.98 Å². The first-order chi connectivity index (χ1) is 3.50. The molecule has 0 N–H and O–H groups in total. The fourth-order valence-corrected chi connectivity index (χ4v) is 0.176. The van der Waals surface area contributed by atoms with E-state index in [-0.39, 0.29) is 0 Å². The quantitative estimate of drug-likeness (QED) is 0.475. The third-order valence-corrected chi connectivity index (χ3v) is 0.347. The van der Waals surface area contributed by atoms with Gasteiger partial charge in [-0.3, -0.25) is 0 Å². The van der Waals surface area contributed by atoms with Gasteiger partial charge in [0.05, 0.1) is 6.20 Å². The average Bonchev–Trinajstić information content (AvgIpc) is 2.23. The van der Waals surface area contributed by atoms with Crippen LogP contribution in [0.25, 0.3) is 0 Å². The Morgan fingerprint density at radius 3 is 2.43 bits per heavy atom. The third kappa shape index (κ3) is 2.69. The maximum atomic E-state index is 8.00. The second kappa shape index (κ2) is 4.88. The summed E-state index contributed by atoms with van der Waals surface area (Å²) in [6.07, 6.45) is 4.47. The van der Waals surface area contributed by atoms with Crippen molar-refractivity contribution in [2.75, 3.05) is 0 Å². The van der Waals surface area contributed by atoms with Gasteiger partial charge in [0, 0.05) is 0 Å². The first-order valence-electron chi connectivity index (χ1n) is 1.61. The molecule has 0 fully saturated rings. The van der Waals surface area contributed by atoms with Crippen molar-refractivity contribution in [1.82, 2.24) is 4.98 Å². The lowest BCUT2D eigenvalue weighted by molar-refractivity contribution is -0.0979. The van der Waals surface area contributed by atoms with E-state index < -0.39 is 0 Å². The number of aromatic nitrogens is 1. The van der Waals surface area contributed by atoms with Crippen LogP contribution < -0.4 is 0 Å². The Bertz CT molecular complexity index is 76.6. The second-order valence-corrected chi connectivity index (χ2v) is 0.676. The molecule has 0 unspecified atom stereocenters. The Morgan fingerprint density at radius 1 is 1.57 bits per heavy atom. The van der Waals surface area contributed by atoms with E-state index in [9.17, 15) is 0 Å². The van der Waals surface area contributed by atoms with Crippen LogP contribution in [0.4, 0.5) is 0 Å². The summed E-state index contributed by atoms with van der Waals surface area (Å²) >= 11 is 0. The largest absolute Gasteiger partial charge is 0.452 e. The topological polar surface area (TPSA) is 43.1 Å². The summed E-state index contributed by atoms with van der Waals surface area (Å²) in [4.78, 5) is 11.6. The fraction of sp³-hybridized carbons (Fsp3) is 0. The minimum atomic E-state index is 1.38. The highest BCUT2D eigenvalue weighted by atomic mass is 16.3. The standard InChI is InChI=1S/C3H3NO.CH2O/c1-2-5-3-4-1;1-2/h1-3H;1H2. The Kier molecular flexibility index (Phi) is 4.10. The molecule has 0 bridgehead atoms. The number of oxazole rings is 1. The van der Waals surface area contributed by atoms with Crippen molar-refractivity contribution in [1.29, 1.82) is 0 Å². The van der Waals surface area contributed by atoms with Gasteiger partial charge in [0.15, 0.2) is 6.39 Å². The lowest BCUT2D eigenvalue weighted by Crippen LogP contribution is -1.38. The highest BCUT2D eigenvalue weighted by molar-refractivity contribution is 5.10. The maximum Gasteiger partial charge on any atom is 0.180 e. The van der Waals surface area contributed by atoms with Crippen molar-refractivity contribution in [2.24, 2.45) is 0 Å². The van der Waals surface area contributed by atoms with Gasteiger partial charge in [-0.1, -0.05) is 0 Å². The van der Waals surface area contributed by atoms with Crippen molar-refractivity contribution in [3.63, 3.8) is 0 Å². The van der Waals surface area contributed by atoms with Crippen molar-refractivity contribution >= 4 is 6.79 Å². The molecule has 1 aromatic rings. The van der Waals surface area contributed by atoms with Gasteiger partial charge >= 0.3 is 0 Å². The molecule has 0 aliphatic rings. The molecular weight excluding hydrogens is 94.0 g/mol. The zero-order valence-corrected chi connectivity index (χ0v) is 3.70. The van der Waals surface area contributed by atoms with Crippen LogP contribution in [0.2, 0.25) is 0 Å². The van der Waals surface area contributed by atoms with Crippen LogP contribution >= 0.6 is 0 Å². The molecule has 0 amide bonds. The van der Waals surface area contributed by atoms with Crippen molar-refractivity contribution in [2.45, 2.75) is 0 Å². The highest BCUT2D eigenvalue weighted by Crippen LogP contribution is 1.72. The minimum Gasteiger partial charge on any atom is -0.452 e. The predicted octanol–water partition coefficient (Wildman–Crippen LogP) is 0.490. The van der Waals surface area contributed by atoms with Gasteiger partial charge < -0.3 is 9.21 Å². The van der Waals surface area contributed by atoms with E-state index in [2.05, 4.69) is 9.40 Å². The molecule has 1 aromatic heterocycles. The normalized spacial score (nSPS) is 6.29. The zero-order chi connectivity index (χ0) is 5.54. The lowest BCUT2D eigenvalue weighted by atomic mass is 11.0. The molecule has 3 nitrogen and oxygen atoms in total. The van der Waals surface area contributed by atoms with Crippen LogP contribution in [0.5, 0.6) is 0 Å². The first-order valence-corrected chi connectivity index (χ1v) is 1.61. The van der Waals surface area contributed by atoms with Crippen LogP contribution in [0.15, 0.2) is 23.3 Å². The predicted molar refractivity (Wildman–Crippen MR) is 23.6 cm³/mol. The highest BCUT2D eigenvalue weighted by Gasteiger charge is 1.59. The molecule has 38 valence electrons. The molecule has 0 spiro atoms. The van der Waals surface area contributed by atoms with Crippen molar-refractivity contribution < 1.29 is 9.21 Å². The number of hydrogen-bond acceptors (Lipinski definition) is 3. The molecular formula is C4H5NO2. The summed E-state index contributed by atoms with van der Waals surface area (Å²) in [5.74, 6) is 0. The maximum absolute atomic E-state index is 8.00. The molecule has 0 radical (unpaired) electrons. The Hall–Kier alpha value is -1.12. The summed E-state index contributed by atoms with van der Waals surface area (Å²) in [5, 5.41) is 0. The van der Waals surface area contributed by atoms with E-state index in [4.69, 9.17) is 4.79 Å². The monoisotopic (exact) mass is 99.0 g/mol. The molecule has 0 aliphatic heterocycles. The fourth-order valence-electron chi connectivity index (χ4n) is 0.176. The van der Waals surface area contributed by atoms with Crippen LogP contribution in [0.3, 0.4) is 0 Å². The smallest absolute Gasteiger partial charge is 0.180 e. The molecule has 7 heavy (non-hydrogen) atoms. The number of carbonyl (C=O) groups is 1. The van der Waals surface area contributed by atoms with E-state index in [1.807, 2.05) is 6.79 Å². The van der Waals surface area contributed by atoms with Gasteiger partial charge in [-0.15, -0.1) is 0 Å². The summed E-state index contributed by atoms with van der Waals surface area (Å²) in [5.41, 5.74) is 0. The van der Waals surface area contributed by atoms with E-state index in [0.717, 1.165) is 0 Å². The van der Waals surface area contributed by atoms with Crippen molar-refractivity contribution in [3.8, 4) is 0 Å². The van der Waals surface area contributed by atoms with Crippen molar-refractivity contribution in [3.05, 3.63) is 18.9 Å². The van der Waals surface area contributed by atoms with Crippen LogP contribution in [-0.4, -0.2) is 11.8 Å². The Morgan fingerprint density at radius 2 is 2.29 bits per heavy atom. The summed E-state index contributed by atoms with van der Waals surface area (Å²) < 4.78 is 4.47. The van der Waals surface area contributed by atoms with Crippen LogP contribution in [0.1, 0.15) is 0 Å². The van der Waals surface area contributed by atoms with Crippen LogP contribution in [0, 0.1) is 0 Å². The molecule has 0 aliphatic carbocycles. The van der Waals surface area contributed by atoms with Gasteiger partial charge in [-0.2, -0.15) is 0 Å². The lowest BCUT2D eigenvalue weighted by Gasteiger charge is -1.47. The Balaban J connectivity index is 0.000000162. The van der Waals surface area contributed by atoms with E-state index >= 15 is 0 Å². The molecule has 0 atom stereocenters. The van der Waals surface area contributed by atoms with Gasteiger partial charge in [0.2, 0.25) is 0 Å². The number of carbonyl (C=O) groups excluding carboxylic acids is 1.